The highest BCUT2D eigenvalue weighted by atomic mass is 16.1. The SMILES string of the molecule is CCC(C)=CC(=O)NCc1ccccc1. The fraction of sp³-hybridized carbons (Fsp3) is 0.308. The van der Waals surface area contributed by atoms with Crippen molar-refractivity contribution >= 4 is 5.91 Å². The van der Waals surface area contributed by atoms with E-state index < -0.39 is 0 Å². The van der Waals surface area contributed by atoms with Crippen molar-refractivity contribution in [1.82, 2.24) is 5.32 Å². The lowest BCUT2D eigenvalue weighted by Crippen LogP contribution is -2.20. The lowest BCUT2D eigenvalue weighted by molar-refractivity contribution is -0.116. The van der Waals surface area contributed by atoms with E-state index in [4.69, 9.17) is 0 Å². The molecule has 1 rings (SSSR count). The third-order valence-electron chi connectivity index (χ3n) is 2.24. The average Bonchev–Trinajstić information content (AvgIpc) is 2.27. The van der Waals surface area contributed by atoms with E-state index in [0.717, 1.165) is 17.6 Å². The maximum absolute atomic E-state index is 11.4. The molecule has 80 valence electrons. The third-order valence-corrected chi connectivity index (χ3v) is 2.24. The molecule has 0 atom stereocenters. The van der Waals surface area contributed by atoms with Crippen LogP contribution in [0.4, 0.5) is 0 Å². The first-order chi connectivity index (χ1) is 7.22. The summed E-state index contributed by atoms with van der Waals surface area (Å²) in [5.41, 5.74) is 2.22. The van der Waals surface area contributed by atoms with Gasteiger partial charge in [-0.2, -0.15) is 0 Å². The molecule has 0 aromatic heterocycles. The predicted octanol–water partition coefficient (Wildman–Crippen LogP) is 2.66. The Morgan fingerprint density at radius 3 is 2.60 bits per heavy atom. The first-order valence-corrected chi connectivity index (χ1v) is 5.21. The minimum Gasteiger partial charge on any atom is -0.348 e. The van der Waals surface area contributed by atoms with Gasteiger partial charge in [-0.15, -0.1) is 0 Å². The van der Waals surface area contributed by atoms with Gasteiger partial charge in [-0.25, -0.2) is 0 Å². The van der Waals surface area contributed by atoms with Crippen LogP contribution in [0.1, 0.15) is 25.8 Å². The summed E-state index contributed by atoms with van der Waals surface area (Å²) in [4.78, 5) is 11.4. The van der Waals surface area contributed by atoms with Crippen LogP contribution < -0.4 is 5.32 Å². The van der Waals surface area contributed by atoms with Gasteiger partial charge in [0.05, 0.1) is 0 Å². The van der Waals surface area contributed by atoms with Gasteiger partial charge in [-0.3, -0.25) is 4.79 Å². The number of nitrogens with one attached hydrogen (secondary N) is 1. The Morgan fingerprint density at radius 1 is 1.33 bits per heavy atom. The van der Waals surface area contributed by atoms with E-state index in [1.165, 1.54) is 0 Å². The predicted molar refractivity (Wildman–Crippen MR) is 62.3 cm³/mol. The summed E-state index contributed by atoms with van der Waals surface area (Å²) in [5.74, 6) is -0.0156. The number of benzene rings is 1. The number of hydrogen-bond acceptors (Lipinski definition) is 1. The molecule has 0 spiro atoms. The average molecular weight is 203 g/mol. The van der Waals surface area contributed by atoms with Crippen LogP contribution >= 0.6 is 0 Å². The summed E-state index contributed by atoms with van der Waals surface area (Å²) in [6.07, 6.45) is 2.57. The number of allylic oxidation sites excluding steroid dienone is 1. The molecule has 2 heteroatoms. The van der Waals surface area contributed by atoms with E-state index in [9.17, 15) is 4.79 Å². The zero-order chi connectivity index (χ0) is 11.1. The lowest BCUT2D eigenvalue weighted by Gasteiger charge is -2.02. The smallest absolute Gasteiger partial charge is 0.244 e. The molecule has 0 radical (unpaired) electrons. The Hall–Kier alpha value is -1.57. The van der Waals surface area contributed by atoms with Gasteiger partial charge in [0.2, 0.25) is 5.91 Å². The zero-order valence-electron chi connectivity index (χ0n) is 9.29. The summed E-state index contributed by atoms with van der Waals surface area (Å²) < 4.78 is 0. The first kappa shape index (κ1) is 11.5. The van der Waals surface area contributed by atoms with E-state index in [0.29, 0.717) is 6.54 Å². The standard InChI is InChI=1S/C13H17NO/c1-3-11(2)9-13(15)14-10-12-7-5-4-6-8-12/h4-9H,3,10H2,1-2H3,(H,14,15). The molecule has 0 fully saturated rings. The molecule has 15 heavy (non-hydrogen) atoms. The molecule has 0 saturated carbocycles. The fourth-order valence-corrected chi connectivity index (χ4v) is 1.16. The van der Waals surface area contributed by atoms with Crippen molar-refractivity contribution in [3.63, 3.8) is 0 Å². The largest absolute Gasteiger partial charge is 0.348 e. The molecule has 0 aliphatic carbocycles. The van der Waals surface area contributed by atoms with Crippen molar-refractivity contribution in [3.05, 3.63) is 47.5 Å². The Bertz CT molecular complexity index is 341. The summed E-state index contributed by atoms with van der Waals surface area (Å²) in [5, 5.41) is 2.85. The molecule has 0 aliphatic rings. The normalized spacial score (nSPS) is 11.2. The van der Waals surface area contributed by atoms with Crippen LogP contribution in [0, 0.1) is 0 Å². The second-order valence-electron chi connectivity index (χ2n) is 3.55. The second-order valence-corrected chi connectivity index (χ2v) is 3.55. The molecule has 0 unspecified atom stereocenters. The number of amides is 1. The van der Waals surface area contributed by atoms with Gasteiger partial charge >= 0.3 is 0 Å². The van der Waals surface area contributed by atoms with Gasteiger partial charge < -0.3 is 5.32 Å². The van der Waals surface area contributed by atoms with Gasteiger partial charge in [-0.05, 0) is 18.9 Å². The Labute approximate surface area is 91.0 Å². The van der Waals surface area contributed by atoms with Gasteiger partial charge in [0.15, 0.2) is 0 Å². The molecular formula is C13H17NO. The Balaban J connectivity index is 2.41. The summed E-state index contributed by atoms with van der Waals surface area (Å²) in [7, 11) is 0. The van der Waals surface area contributed by atoms with Crippen LogP contribution in [-0.2, 0) is 11.3 Å². The number of carbonyl (C=O) groups is 1. The third kappa shape index (κ3) is 4.45. The topological polar surface area (TPSA) is 29.1 Å². The summed E-state index contributed by atoms with van der Waals surface area (Å²) in [6.45, 7) is 4.59. The van der Waals surface area contributed by atoms with Crippen molar-refractivity contribution < 1.29 is 4.79 Å². The monoisotopic (exact) mass is 203 g/mol. The molecule has 0 saturated heterocycles. The van der Waals surface area contributed by atoms with Gasteiger partial charge in [0.25, 0.3) is 0 Å². The number of hydrogen-bond donors (Lipinski definition) is 1. The maximum Gasteiger partial charge on any atom is 0.244 e. The molecular weight excluding hydrogens is 186 g/mol. The van der Waals surface area contributed by atoms with Gasteiger partial charge in [0, 0.05) is 12.6 Å². The molecule has 1 aromatic rings. The molecule has 0 aliphatic heterocycles. The second kappa shape index (κ2) is 6.02. The highest BCUT2D eigenvalue weighted by molar-refractivity contribution is 5.88. The molecule has 0 heterocycles. The summed E-state index contributed by atoms with van der Waals surface area (Å²) >= 11 is 0. The first-order valence-electron chi connectivity index (χ1n) is 5.21. The highest BCUT2D eigenvalue weighted by Crippen LogP contribution is 1.99. The molecule has 1 aromatic carbocycles. The van der Waals surface area contributed by atoms with Gasteiger partial charge in [0.1, 0.15) is 0 Å². The van der Waals surface area contributed by atoms with Crippen molar-refractivity contribution in [2.75, 3.05) is 0 Å². The fourth-order valence-electron chi connectivity index (χ4n) is 1.16. The summed E-state index contributed by atoms with van der Waals surface area (Å²) in [6, 6.07) is 9.89. The van der Waals surface area contributed by atoms with Crippen LogP contribution in [0.3, 0.4) is 0 Å². The Morgan fingerprint density at radius 2 is 2.00 bits per heavy atom. The molecule has 1 N–H and O–H groups in total. The van der Waals surface area contributed by atoms with Crippen LogP contribution in [-0.4, -0.2) is 5.91 Å². The van der Waals surface area contributed by atoms with E-state index in [-0.39, 0.29) is 5.91 Å². The van der Waals surface area contributed by atoms with Crippen molar-refractivity contribution in [2.24, 2.45) is 0 Å². The zero-order valence-corrected chi connectivity index (χ0v) is 9.29. The minimum absolute atomic E-state index is 0.0156. The number of rotatable bonds is 4. The van der Waals surface area contributed by atoms with Crippen LogP contribution in [0.2, 0.25) is 0 Å². The van der Waals surface area contributed by atoms with E-state index in [2.05, 4.69) is 5.32 Å². The minimum atomic E-state index is -0.0156. The van der Waals surface area contributed by atoms with E-state index in [1.807, 2.05) is 44.2 Å². The quantitative estimate of drug-likeness (QED) is 0.749. The van der Waals surface area contributed by atoms with Crippen molar-refractivity contribution in [3.8, 4) is 0 Å². The van der Waals surface area contributed by atoms with Crippen molar-refractivity contribution in [1.29, 1.82) is 0 Å². The van der Waals surface area contributed by atoms with Crippen molar-refractivity contribution in [2.45, 2.75) is 26.8 Å². The van der Waals surface area contributed by atoms with E-state index in [1.54, 1.807) is 6.08 Å². The van der Waals surface area contributed by atoms with E-state index >= 15 is 0 Å². The molecule has 2 nitrogen and oxygen atoms in total. The van der Waals surface area contributed by atoms with Crippen LogP contribution in [0.5, 0.6) is 0 Å². The molecule has 1 amide bonds. The highest BCUT2D eigenvalue weighted by Gasteiger charge is 1.97. The maximum atomic E-state index is 11.4. The number of carbonyl (C=O) groups excluding carboxylic acids is 1. The van der Waals surface area contributed by atoms with Gasteiger partial charge in [-0.1, -0.05) is 42.8 Å². The Kier molecular flexibility index (Phi) is 4.61. The lowest BCUT2D eigenvalue weighted by atomic mass is 10.2. The van der Waals surface area contributed by atoms with Crippen LogP contribution in [0.25, 0.3) is 0 Å². The molecule has 0 bridgehead atoms. The van der Waals surface area contributed by atoms with Crippen LogP contribution in [0.15, 0.2) is 42.0 Å².